The van der Waals surface area contributed by atoms with Crippen molar-refractivity contribution in [1.29, 1.82) is 0 Å². The first-order valence-electron chi connectivity index (χ1n) is 6.06. The van der Waals surface area contributed by atoms with Gasteiger partial charge in [-0.2, -0.15) is 4.98 Å². The lowest BCUT2D eigenvalue weighted by Gasteiger charge is -2.15. The van der Waals surface area contributed by atoms with Crippen LogP contribution in [0, 0.1) is 5.92 Å². The molecule has 0 radical (unpaired) electrons. The number of aromatic nitrogens is 2. The van der Waals surface area contributed by atoms with Crippen molar-refractivity contribution < 1.29 is 4.74 Å². The van der Waals surface area contributed by atoms with Gasteiger partial charge >= 0.3 is 0 Å². The van der Waals surface area contributed by atoms with Gasteiger partial charge in [-0.3, -0.25) is 0 Å². The zero-order valence-electron chi connectivity index (χ0n) is 9.87. The molecule has 7 heteroatoms. The molecule has 2 heterocycles. The fourth-order valence-corrected chi connectivity index (χ4v) is 3.27. The van der Waals surface area contributed by atoms with Crippen LogP contribution in [0.15, 0.2) is 11.1 Å². The van der Waals surface area contributed by atoms with Crippen LogP contribution in [0.3, 0.4) is 0 Å². The molecule has 0 amide bonds. The zero-order chi connectivity index (χ0) is 12.5. The molecule has 2 unspecified atom stereocenters. The number of thioether (sulfide) groups is 1. The Kier molecular flexibility index (Phi) is 3.54. The van der Waals surface area contributed by atoms with Gasteiger partial charge in [0.05, 0.1) is 4.90 Å². The number of hydrogen-bond acceptors (Lipinski definition) is 7. The smallest absolute Gasteiger partial charge is 0.221 e. The van der Waals surface area contributed by atoms with Gasteiger partial charge in [-0.15, -0.1) is 24.4 Å². The molecule has 2 fully saturated rings. The third-order valence-electron chi connectivity index (χ3n) is 3.06. The number of nitrogens with two attached hydrogens (primary N) is 1. The van der Waals surface area contributed by atoms with Crippen molar-refractivity contribution in [2.75, 3.05) is 16.8 Å². The maximum absolute atomic E-state index is 5.93. The normalized spacial score (nSPS) is 27.4. The Labute approximate surface area is 116 Å². The second kappa shape index (κ2) is 5.14. The SMILES string of the molecule is Nc1ncc(S)c(NC2CSC(CC3CC3)O2)n1. The highest BCUT2D eigenvalue weighted by molar-refractivity contribution is 8.00. The van der Waals surface area contributed by atoms with Crippen LogP contribution in [-0.4, -0.2) is 27.4 Å². The van der Waals surface area contributed by atoms with Gasteiger partial charge in [0.2, 0.25) is 5.95 Å². The van der Waals surface area contributed by atoms with E-state index in [4.69, 9.17) is 10.5 Å². The molecule has 3 N–H and O–H groups in total. The van der Waals surface area contributed by atoms with E-state index in [2.05, 4.69) is 27.9 Å². The predicted molar refractivity (Wildman–Crippen MR) is 75.8 cm³/mol. The number of nitrogen functional groups attached to an aromatic ring is 1. The summed E-state index contributed by atoms with van der Waals surface area (Å²) in [5, 5.41) is 3.22. The van der Waals surface area contributed by atoms with Gasteiger partial charge in [0.15, 0.2) is 0 Å². The summed E-state index contributed by atoms with van der Waals surface area (Å²) in [5.74, 6) is 2.70. The van der Waals surface area contributed by atoms with Crippen LogP contribution in [0.25, 0.3) is 0 Å². The molecule has 18 heavy (non-hydrogen) atoms. The molecule has 5 nitrogen and oxygen atoms in total. The van der Waals surface area contributed by atoms with E-state index in [9.17, 15) is 0 Å². The maximum Gasteiger partial charge on any atom is 0.221 e. The van der Waals surface area contributed by atoms with E-state index in [1.54, 1.807) is 6.20 Å². The van der Waals surface area contributed by atoms with Crippen molar-refractivity contribution in [2.45, 2.75) is 35.8 Å². The van der Waals surface area contributed by atoms with Gasteiger partial charge in [-0.1, -0.05) is 12.8 Å². The van der Waals surface area contributed by atoms with Crippen molar-refractivity contribution in [1.82, 2.24) is 9.97 Å². The number of thiol groups is 1. The van der Waals surface area contributed by atoms with Crippen molar-refractivity contribution in [3.05, 3.63) is 6.20 Å². The second-order valence-corrected chi connectivity index (χ2v) is 6.35. The molecule has 1 aromatic rings. The minimum Gasteiger partial charge on any atom is -0.368 e. The Morgan fingerprint density at radius 3 is 3.17 bits per heavy atom. The van der Waals surface area contributed by atoms with Crippen molar-refractivity contribution in [2.24, 2.45) is 5.92 Å². The molecule has 2 aliphatic rings. The van der Waals surface area contributed by atoms with Crippen molar-refractivity contribution in [3.8, 4) is 0 Å². The molecule has 1 aromatic heterocycles. The molecule has 0 bridgehead atoms. The van der Waals surface area contributed by atoms with Gasteiger partial charge in [-0.25, -0.2) is 4.98 Å². The maximum atomic E-state index is 5.93. The van der Waals surface area contributed by atoms with Gasteiger partial charge in [0, 0.05) is 11.9 Å². The lowest BCUT2D eigenvalue weighted by atomic mass is 10.3. The number of ether oxygens (including phenoxy) is 1. The molecule has 1 saturated heterocycles. The average molecular weight is 284 g/mol. The van der Waals surface area contributed by atoms with E-state index in [0.29, 0.717) is 16.1 Å². The Morgan fingerprint density at radius 2 is 2.39 bits per heavy atom. The fourth-order valence-electron chi connectivity index (χ4n) is 1.93. The first-order valence-corrected chi connectivity index (χ1v) is 7.55. The van der Waals surface area contributed by atoms with E-state index in [0.717, 1.165) is 11.7 Å². The van der Waals surface area contributed by atoms with Gasteiger partial charge in [0.25, 0.3) is 0 Å². The summed E-state index contributed by atoms with van der Waals surface area (Å²) < 4.78 is 5.93. The van der Waals surface area contributed by atoms with E-state index >= 15 is 0 Å². The molecule has 98 valence electrons. The van der Waals surface area contributed by atoms with Crippen LogP contribution >= 0.6 is 24.4 Å². The highest BCUT2D eigenvalue weighted by Crippen LogP contribution is 2.40. The summed E-state index contributed by atoms with van der Waals surface area (Å²) in [4.78, 5) is 8.69. The second-order valence-electron chi connectivity index (χ2n) is 4.67. The number of nitrogens with zero attached hydrogens (tertiary/aromatic N) is 2. The predicted octanol–water partition coefficient (Wildman–Crippen LogP) is 1.98. The molecular weight excluding hydrogens is 268 g/mol. The summed E-state index contributed by atoms with van der Waals surface area (Å²) >= 11 is 6.16. The van der Waals surface area contributed by atoms with Crippen molar-refractivity contribution >= 4 is 36.2 Å². The minimum atomic E-state index is -0.0149. The van der Waals surface area contributed by atoms with E-state index in [1.807, 2.05) is 11.8 Å². The highest BCUT2D eigenvalue weighted by atomic mass is 32.2. The standard InChI is InChI=1S/C11H16N4OS2/c12-11-13-4-7(17)10(15-11)14-8-5-18-9(16-8)3-6-1-2-6/h4,6,8-9,17H,1-3,5H2,(H3,12,13,14,15). The lowest BCUT2D eigenvalue weighted by Crippen LogP contribution is -2.23. The monoisotopic (exact) mass is 284 g/mol. The largest absolute Gasteiger partial charge is 0.368 e. The van der Waals surface area contributed by atoms with Crippen LogP contribution in [0.4, 0.5) is 11.8 Å². The van der Waals surface area contributed by atoms with Crippen LogP contribution in [-0.2, 0) is 4.74 Å². The summed E-state index contributed by atoms with van der Waals surface area (Å²) in [5.41, 5.74) is 5.88. The van der Waals surface area contributed by atoms with E-state index in [-0.39, 0.29) is 12.2 Å². The zero-order valence-corrected chi connectivity index (χ0v) is 11.6. The van der Waals surface area contributed by atoms with Crippen LogP contribution in [0.5, 0.6) is 0 Å². The van der Waals surface area contributed by atoms with Crippen molar-refractivity contribution in [3.63, 3.8) is 0 Å². The number of nitrogens with one attached hydrogen (secondary N) is 1. The third kappa shape index (κ3) is 3.02. The molecular formula is C11H16N4OS2. The molecule has 3 rings (SSSR count). The van der Waals surface area contributed by atoms with Gasteiger partial charge < -0.3 is 15.8 Å². The van der Waals surface area contributed by atoms with Crippen LogP contribution in [0.1, 0.15) is 19.3 Å². The Balaban J connectivity index is 1.57. The van der Waals surface area contributed by atoms with Gasteiger partial charge in [0.1, 0.15) is 17.5 Å². The fraction of sp³-hybridized carbons (Fsp3) is 0.636. The molecule has 1 aliphatic carbocycles. The number of rotatable bonds is 4. The number of anilines is 2. The Morgan fingerprint density at radius 1 is 1.56 bits per heavy atom. The quantitative estimate of drug-likeness (QED) is 0.734. The molecule has 1 aliphatic heterocycles. The summed E-state index contributed by atoms with van der Waals surface area (Å²) in [7, 11) is 0. The molecule has 0 spiro atoms. The Hall–Kier alpha value is -0.660. The lowest BCUT2D eigenvalue weighted by molar-refractivity contribution is 0.0764. The minimum absolute atomic E-state index is 0.0149. The van der Waals surface area contributed by atoms with E-state index in [1.165, 1.54) is 19.3 Å². The summed E-state index contributed by atoms with van der Waals surface area (Å²) in [6.07, 6.45) is 5.47. The summed E-state index contributed by atoms with van der Waals surface area (Å²) in [6.45, 7) is 0. The van der Waals surface area contributed by atoms with Gasteiger partial charge in [-0.05, 0) is 12.3 Å². The Bertz CT molecular complexity index is 441. The van der Waals surface area contributed by atoms with E-state index < -0.39 is 0 Å². The first kappa shape index (κ1) is 12.4. The topological polar surface area (TPSA) is 73.1 Å². The first-order chi connectivity index (χ1) is 8.70. The molecule has 0 aromatic carbocycles. The third-order valence-corrected chi connectivity index (χ3v) is 4.56. The molecule has 2 atom stereocenters. The van der Waals surface area contributed by atoms with Crippen LogP contribution in [0.2, 0.25) is 0 Å². The average Bonchev–Trinajstić information content (AvgIpc) is 3.04. The number of hydrogen-bond donors (Lipinski definition) is 3. The van der Waals surface area contributed by atoms with Crippen LogP contribution < -0.4 is 11.1 Å². The highest BCUT2D eigenvalue weighted by Gasteiger charge is 2.32. The summed E-state index contributed by atoms with van der Waals surface area (Å²) in [6, 6.07) is 0. The molecule has 1 saturated carbocycles.